The average Bonchev–Trinajstić information content (AvgIpc) is 3.12. The fourth-order valence-corrected chi connectivity index (χ4v) is 2.31. The van der Waals surface area contributed by atoms with Gasteiger partial charge >= 0.3 is 0 Å². The Hall–Kier alpha value is -2.12. The van der Waals surface area contributed by atoms with Crippen LogP contribution in [0.4, 0.5) is 5.69 Å². The number of carbonyl (C=O) groups is 2. The molecule has 2 unspecified atom stereocenters. The van der Waals surface area contributed by atoms with Crippen molar-refractivity contribution in [3.8, 4) is 11.8 Å². The van der Waals surface area contributed by atoms with Crippen LogP contribution >= 0.6 is 0 Å². The number of fused-ring (bicyclic) bond motifs is 1. The summed E-state index contributed by atoms with van der Waals surface area (Å²) in [4.78, 5) is 25.1. The van der Waals surface area contributed by atoms with Crippen LogP contribution in [0.2, 0.25) is 0 Å². The van der Waals surface area contributed by atoms with Crippen molar-refractivity contribution in [2.75, 3.05) is 11.4 Å². The molecule has 1 aliphatic heterocycles. The summed E-state index contributed by atoms with van der Waals surface area (Å²) < 4.78 is 0. The van der Waals surface area contributed by atoms with Gasteiger partial charge in [-0.25, -0.2) is 0 Å². The Bertz CT molecular complexity index is 577. The lowest BCUT2D eigenvalue weighted by Crippen LogP contribution is -2.32. The quantitative estimate of drug-likeness (QED) is 0.574. The maximum absolute atomic E-state index is 11.9. The molecule has 0 bridgehead atoms. The summed E-state index contributed by atoms with van der Waals surface area (Å²) in [6.45, 7) is 0.288. The largest absolute Gasteiger partial charge is 0.320 e. The SMILES string of the molecule is NCC#Cc1cccc(N2C(=O)C3CC3C2=O)c1. The van der Waals surface area contributed by atoms with Crippen molar-refractivity contribution in [1.82, 2.24) is 0 Å². The van der Waals surface area contributed by atoms with Gasteiger partial charge in [-0.15, -0.1) is 0 Å². The van der Waals surface area contributed by atoms with Gasteiger partial charge in [-0.3, -0.25) is 14.5 Å². The molecule has 0 aromatic heterocycles. The van der Waals surface area contributed by atoms with Crippen LogP contribution in [0.3, 0.4) is 0 Å². The van der Waals surface area contributed by atoms with Crippen molar-refractivity contribution >= 4 is 17.5 Å². The number of anilines is 1. The van der Waals surface area contributed by atoms with Crippen LogP contribution in [0, 0.1) is 23.7 Å². The van der Waals surface area contributed by atoms with Gasteiger partial charge in [0.2, 0.25) is 11.8 Å². The first-order valence-corrected chi connectivity index (χ1v) is 5.89. The highest BCUT2D eigenvalue weighted by Crippen LogP contribution is 2.48. The summed E-state index contributed by atoms with van der Waals surface area (Å²) in [5.41, 5.74) is 6.69. The fourth-order valence-electron chi connectivity index (χ4n) is 2.31. The number of imide groups is 1. The summed E-state index contributed by atoms with van der Waals surface area (Å²) in [5.74, 6) is 5.35. The van der Waals surface area contributed by atoms with Crippen LogP contribution < -0.4 is 10.6 Å². The third kappa shape index (κ3) is 1.60. The van der Waals surface area contributed by atoms with E-state index >= 15 is 0 Å². The minimum Gasteiger partial charge on any atom is -0.320 e. The number of piperidine rings is 1. The second-order valence-corrected chi connectivity index (χ2v) is 4.52. The highest BCUT2D eigenvalue weighted by Gasteiger charge is 2.59. The molecule has 90 valence electrons. The summed E-state index contributed by atoms with van der Waals surface area (Å²) in [7, 11) is 0. The molecule has 2 N–H and O–H groups in total. The monoisotopic (exact) mass is 240 g/mol. The standard InChI is InChI=1S/C14H12N2O2/c15-6-2-4-9-3-1-5-10(7-9)16-13(17)11-8-12(11)14(16)18/h1,3,5,7,11-12H,6,8,15H2. The van der Waals surface area contributed by atoms with Gasteiger partial charge in [-0.1, -0.05) is 17.9 Å². The molecule has 2 fully saturated rings. The molecule has 4 nitrogen and oxygen atoms in total. The zero-order chi connectivity index (χ0) is 12.7. The predicted octanol–water partition coefficient (Wildman–Crippen LogP) is 0.506. The zero-order valence-electron chi connectivity index (χ0n) is 9.72. The number of rotatable bonds is 1. The first kappa shape index (κ1) is 11.0. The van der Waals surface area contributed by atoms with Crippen LogP contribution in [0.25, 0.3) is 0 Å². The Morgan fingerprint density at radius 1 is 1.28 bits per heavy atom. The van der Waals surface area contributed by atoms with E-state index in [1.165, 1.54) is 4.90 Å². The van der Waals surface area contributed by atoms with Gasteiger partial charge < -0.3 is 5.73 Å². The Kier molecular flexibility index (Phi) is 2.42. The van der Waals surface area contributed by atoms with E-state index in [2.05, 4.69) is 11.8 Å². The van der Waals surface area contributed by atoms with Gasteiger partial charge in [0.25, 0.3) is 0 Å². The first-order chi connectivity index (χ1) is 8.72. The summed E-state index contributed by atoms with van der Waals surface area (Å²) >= 11 is 0. The zero-order valence-corrected chi connectivity index (χ0v) is 9.72. The third-order valence-corrected chi connectivity index (χ3v) is 3.30. The molecular weight excluding hydrogens is 228 g/mol. The molecule has 2 amide bonds. The molecule has 4 heteroatoms. The molecule has 0 spiro atoms. The van der Waals surface area contributed by atoms with Gasteiger partial charge in [0, 0.05) is 5.56 Å². The first-order valence-electron chi connectivity index (χ1n) is 5.89. The van der Waals surface area contributed by atoms with Crippen molar-refractivity contribution in [1.29, 1.82) is 0 Å². The molecule has 1 aromatic carbocycles. The van der Waals surface area contributed by atoms with Gasteiger partial charge in [-0.05, 0) is 24.6 Å². The van der Waals surface area contributed by atoms with Gasteiger partial charge in [0.1, 0.15) is 0 Å². The molecule has 18 heavy (non-hydrogen) atoms. The molecule has 1 aliphatic carbocycles. The highest BCUT2D eigenvalue weighted by molar-refractivity contribution is 6.24. The Balaban J connectivity index is 1.93. The van der Waals surface area contributed by atoms with Gasteiger partial charge in [0.15, 0.2) is 0 Å². The molecule has 1 saturated heterocycles. The molecule has 0 radical (unpaired) electrons. The van der Waals surface area contributed by atoms with Crippen molar-refractivity contribution in [2.45, 2.75) is 6.42 Å². The van der Waals surface area contributed by atoms with Crippen molar-refractivity contribution in [3.63, 3.8) is 0 Å². The lowest BCUT2D eigenvalue weighted by molar-refractivity contribution is -0.123. The minimum atomic E-state index is -0.0751. The van der Waals surface area contributed by atoms with E-state index in [4.69, 9.17) is 5.73 Å². The Morgan fingerprint density at radius 3 is 2.67 bits per heavy atom. The second kappa shape index (κ2) is 3.97. The van der Waals surface area contributed by atoms with E-state index in [1.807, 2.05) is 6.07 Å². The number of nitrogens with two attached hydrogens (primary N) is 1. The van der Waals surface area contributed by atoms with Crippen molar-refractivity contribution in [3.05, 3.63) is 29.8 Å². The lowest BCUT2D eigenvalue weighted by Gasteiger charge is -2.16. The minimum absolute atomic E-state index is 0.0729. The molecule has 1 saturated carbocycles. The normalized spacial score (nSPS) is 24.6. The Morgan fingerprint density at radius 2 is 2.00 bits per heavy atom. The number of carbonyl (C=O) groups excluding carboxylic acids is 2. The van der Waals surface area contributed by atoms with Crippen LogP contribution in [-0.4, -0.2) is 18.4 Å². The Labute approximate surface area is 105 Å². The number of nitrogens with zero attached hydrogens (tertiary/aromatic N) is 1. The second-order valence-electron chi connectivity index (χ2n) is 4.52. The molecule has 1 heterocycles. The van der Waals surface area contributed by atoms with E-state index in [-0.39, 0.29) is 30.2 Å². The summed E-state index contributed by atoms with van der Waals surface area (Å²) in [6, 6.07) is 7.13. The van der Waals surface area contributed by atoms with Crippen LogP contribution in [0.15, 0.2) is 24.3 Å². The van der Waals surface area contributed by atoms with Crippen LogP contribution in [0.1, 0.15) is 12.0 Å². The number of hydrogen-bond acceptors (Lipinski definition) is 3. The van der Waals surface area contributed by atoms with E-state index < -0.39 is 0 Å². The summed E-state index contributed by atoms with van der Waals surface area (Å²) in [6.07, 6.45) is 0.723. The number of amides is 2. The van der Waals surface area contributed by atoms with Crippen LogP contribution in [0.5, 0.6) is 0 Å². The average molecular weight is 240 g/mol. The smallest absolute Gasteiger partial charge is 0.237 e. The molecule has 1 aromatic rings. The molecule has 3 rings (SSSR count). The third-order valence-electron chi connectivity index (χ3n) is 3.30. The molecule has 2 atom stereocenters. The topological polar surface area (TPSA) is 63.4 Å². The highest BCUT2D eigenvalue weighted by atomic mass is 16.2. The van der Waals surface area contributed by atoms with Crippen LogP contribution in [-0.2, 0) is 9.59 Å². The van der Waals surface area contributed by atoms with Crippen molar-refractivity contribution in [2.24, 2.45) is 17.6 Å². The fraction of sp³-hybridized carbons (Fsp3) is 0.286. The van der Waals surface area contributed by atoms with E-state index in [1.54, 1.807) is 18.2 Å². The summed E-state index contributed by atoms with van der Waals surface area (Å²) in [5, 5.41) is 0. The number of benzene rings is 1. The van der Waals surface area contributed by atoms with E-state index in [9.17, 15) is 9.59 Å². The maximum atomic E-state index is 11.9. The predicted molar refractivity (Wildman–Crippen MR) is 66.5 cm³/mol. The van der Waals surface area contributed by atoms with Crippen molar-refractivity contribution < 1.29 is 9.59 Å². The molecular formula is C14H12N2O2. The van der Waals surface area contributed by atoms with E-state index in [0.717, 1.165) is 12.0 Å². The van der Waals surface area contributed by atoms with Gasteiger partial charge in [-0.2, -0.15) is 0 Å². The van der Waals surface area contributed by atoms with E-state index in [0.29, 0.717) is 5.69 Å². The maximum Gasteiger partial charge on any atom is 0.237 e. The molecule has 2 aliphatic rings. The van der Waals surface area contributed by atoms with Gasteiger partial charge in [0.05, 0.1) is 24.1 Å². The lowest BCUT2D eigenvalue weighted by atomic mass is 10.2. The number of hydrogen-bond donors (Lipinski definition) is 1.